The molecule has 1 N–H and O–H groups in total. The molecule has 0 atom stereocenters. The lowest BCUT2D eigenvalue weighted by atomic mass is 10.3. The van der Waals surface area contributed by atoms with Crippen LogP contribution in [0, 0.1) is 0 Å². The zero-order valence-corrected chi connectivity index (χ0v) is 11.8. The first-order valence-electron chi connectivity index (χ1n) is 4.41. The summed E-state index contributed by atoms with van der Waals surface area (Å²) in [5.74, 6) is 0. The molecule has 0 unspecified atom stereocenters. The first kappa shape index (κ1) is 11.6. The van der Waals surface area contributed by atoms with E-state index in [0.29, 0.717) is 0 Å². The Labute approximate surface area is 110 Å². The molecule has 0 aliphatic rings. The average Bonchev–Trinajstić information content (AvgIpc) is 2.79. The van der Waals surface area contributed by atoms with E-state index in [4.69, 9.17) is 11.6 Å². The minimum atomic E-state index is 0.822. The van der Waals surface area contributed by atoms with Gasteiger partial charge in [0.2, 0.25) is 0 Å². The number of rotatable bonds is 4. The maximum absolute atomic E-state index is 5.95. The van der Waals surface area contributed by atoms with E-state index in [0.717, 1.165) is 21.9 Å². The number of hydrogen-bond acceptors (Lipinski definition) is 3. The van der Waals surface area contributed by atoms with Crippen molar-refractivity contribution in [3.8, 4) is 0 Å². The highest BCUT2D eigenvalue weighted by molar-refractivity contribution is 9.10. The third kappa shape index (κ3) is 3.29. The summed E-state index contributed by atoms with van der Waals surface area (Å²) in [7, 11) is 0. The molecule has 2 aromatic heterocycles. The summed E-state index contributed by atoms with van der Waals surface area (Å²) in [6.07, 6.45) is 0. The van der Waals surface area contributed by atoms with Gasteiger partial charge in [-0.25, -0.2) is 0 Å². The first-order valence-corrected chi connectivity index (χ1v) is 7.34. The molecule has 0 saturated heterocycles. The van der Waals surface area contributed by atoms with E-state index in [1.165, 1.54) is 10.4 Å². The average molecular weight is 323 g/mol. The lowest BCUT2D eigenvalue weighted by Crippen LogP contribution is -2.10. The minimum absolute atomic E-state index is 0.822. The molecule has 0 aliphatic heterocycles. The number of hydrogen-bond donors (Lipinski definition) is 1. The number of thiophene rings is 2. The van der Waals surface area contributed by atoms with E-state index < -0.39 is 0 Å². The van der Waals surface area contributed by atoms with Crippen LogP contribution in [0.25, 0.3) is 0 Å². The zero-order chi connectivity index (χ0) is 10.7. The molecule has 2 aromatic rings. The van der Waals surface area contributed by atoms with Crippen molar-refractivity contribution in [3.63, 3.8) is 0 Å². The summed E-state index contributed by atoms with van der Waals surface area (Å²) in [6, 6.07) is 4.20. The second-order valence-electron chi connectivity index (χ2n) is 3.07. The molecule has 0 amide bonds. The van der Waals surface area contributed by atoms with Crippen LogP contribution in [-0.2, 0) is 13.1 Å². The van der Waals surface area contributed by atoms with E-state index in [1.54, 1.807) is 22.7 Å². The Balaban J connectivity index is 1.83. The van der Waals surface area contributed by atoms with E-state index in [1.807, 2.05) is 0 Å². The van der Waals surface area contributed by atoms with Crippen LogP contribution in [0.15, 0.2) is 27.4 Å². The van der Waals surface area contributed by atoms with Crippen LogP contribution in [0.2, 0.25) is 4.34 Å². The third-order valence-electron chi connectivity index (χ3n) is 1.90. The summed E-state index contributed by atoms with van der Waals surface area (Å²) in [6.45, 7) is 1.78. The van der Waals surface area contributed by atoms with Gasteiger partial charge in [-0.3, -0.25) is 0 Å². The minimum Gasteiger partial charge on any atom is -0.308 e. The second kappa shape index (κ2) is 5.46. The topological polar surface area (TPSA) is 12.0 Å². The van der Waals surface area contributed by atoms with Crippen LogP contribution in [0.5, 0.6) is 0 Å². The van der Waals surface area contributed by atoms with Crippen molar-refractivity contribution in [2.45, 2.75) is 13.1 Å². The van der Waals surface area contributed by atoms with Crippen molar-refractivity contribution >= 4 is 50.2 Å². The molecule has 2 heterocycles. The van der Waals surface area contributed by atoms with Crippen LogP contribution in [0.3, 0.4) is 0 Å². The van der Waals surface area contributed by atoms with Crippen LogP contribution < -0.4 is 5.32 Å². The van der Waals surface area contributed by atoms with Crippen molar-refractivity contribution in [1.29, 1.82) is 0 Å². The van der Waals surface area contributed by atoms with Gasteiger partial charge in [0, 0.05) is 22.4 Å². The summed E-state index contributed by atoms with van der Waals surface area (Å²) in [5, 5.41) is 7.63. The molecule has 0 bridgehead atoms. The summed E-state index contributed by atoms with van der Waals surface area (Å²) < 4.78 is 1.81. The molecule has 1 nitrogen and oxygen atoms in total. The predicted octanol–water partition coefficient (Wildman–Crippen LogP) is 4.52. The molecule has 0 saturated carbocycles. The van der Waals surface area contributed by atoms with Gasteiger partial charge in [0.05, 0.1) is 0 Å². The normalized spacial score (nSPS) is 10.8. The Hall–Kier alpha value is 0.130. The van der Waals surface area contributed by atoms with Gasteiger partial charge in [-0.1, -0.05) is 11.6 Å². The Bertz CT molecular complexity index is 405. The molecule has 0 fully saturated rings. The first-order chi connectivity index (χ1) is 7.25. The number of halogens is 2. The largest absolute Gasteiger partial charge is 0.308 e. The Morgan fingerprint density at radius 3 is 2.87 bits per heavy atom. The van der Waals surface area contributed by atoms with Gasteiger partial charge >= 0.3 is 0 Å². The fourth-order valence-corrected chi connectivity index (χ4v) is 3.63. The summed E-state index contributed by atoms with van der Waals surface area (Å²) in [4.78, 5) is 1.25. The molecule has 2 rings (SSSR count). The maximum Gasteiger partial charge on any atom is 0.107 e. The summed E-state index contributed by atoms with van der Waals surface area (Å²) in [5.41, 5.74) is 1.33. The smallest absolute Gasteiger partial charge is 0.107 e. The van der Waals surface area contributed by atoms with Crippen LogP contribution >= 0.6 is 50.2 Å². The molecule has 0 radical (unpaired) electrons. The molecule has 15 heavy (non-hydrogen) atoms. The monoisotopic (exact) mass is 321 g/mol. The SMILES string of the molecule is Clc1sc(CNCc2ccsc2)cc1Br. The predicted molar refractivity (Wildman–Crippen MR) is 71.9 cm³/mol. The van der Waals surface area contributed by atoms with Crippen molar-refractivity contribution in [2.75, 3.05) is 0 Å². The lowest BCUT2D eigenvalue weighted by Gasteiger charge is -1.99. The van der Waals surface area contributed by atoms with Gasteiger partial charge in [-0.05, 0) is 44.4 Å². The van der Waals surface area contributed by atoms with Gasteiger partial charge in [0.1, 0.15) is 4.34 Å². The quantitative estimate of drug-likeness (QED) is 0.873. The van der Waals surface area contributed by atoms with Crippen molar-refractivity contribution in [2.24, 2.45) is 0 Å². The Morgan fingerprint density at radius 1 is 1.40 bits per heavy atom. The van der Waals surface area contributed by atoms with Gasteiger partial charge in [0.25, 0.3) is 0 Å². The van der Waals surface area contributed by atoms with Gasteiger partial charge in [-0.15, -0.1) is 11.3 Å². The van der Waals surface area contributed by atoms with Gasteiger partial charge in [-0.2, -0.15) is 11.3 Å². The fourth-order valence-electron chi connectivity index (χ4n) is 1.20. The second-order valence-corrected chi connectivity index (χ2v) is 6.44. The molecule has 80 valence electrons. The van der Waals surface area contributed by atoms with Crippen molar-refractivity contribution in [1.82, 2.24) is 5.32 Å². The van der Waals surface area contributed by atoms with Gasteiger partial charge in [0.15, 0.2) is 0 Å². The van der Waals surface area contributed by atoms with E-state index in [9.17, 15) is 0 Å². The molecular formula is C10H9BrClNS2. The standard InChI is InChI=1S/C10H9BrClNS2/c11-9-3-8(15-10(9)12)5-13-4-7-1-2-14-6-7/h1-3,6,13H,4-5H2. The molecule has 0 aromatic carbocycles. The molecule has 5 heteroatoms. The molecular weight excluding hydrogens is 314 g/mol. The van der Waals surface area contributed by atoms with Crippen LogP contribution in [0.1, 0.15) is 10.4 Å². The fraction of sp³-hybridized carbons (Fsp3) is 0.200. The molecule has 0 spiro atoms. The maximum atomic E-state index is 5.95. The molecule has 0 aliphatic carbocycles. The highest BCUT2D eigenvalue weighted by Gasteiger charge is 2.03. The van der Waals surface area contributed by atoms with E-state index >= 15 is 0 Å². The number of nitrogens with one attached hydrogen (secondary N) is 1. The highest BCUT2D eigenvalue weighted by atomic mass is 79.9. The highest BCUT2D eigenvalue weighted by Crippen LogP contribution is 2.31. The zero-order valence-electron chi connectivity index (χ0n) is 7.80. The van der Waals surface area contributed by atoms with E-state index in [-0.39, 0.29) is 0 Å². The Morgan fingerprint density at radius 2 is 2.27 bits per heavy atom. The summed E-state index contributed by atoms with van der Waals surface area (Å²) >= 11 is 12.7. The lowest BCUT2D eigenvalue weighted by molar-refractivity contribution is 0.702. The van der Waals surface area contributed by atoms with Gasteiger partial charge < -0.3 is 5.32 Å². The van der Waals surface area contributed by atoms with E-state index in [2.05, 4.69) is 44.1 Å². The van der Waals surface area contributed by atoms with Crippen LogP contribution in [0.4, 0.5) is 0 Å². The van der Waals surface area contributed by atoms with Crippen molar-refractivity contribution < 1.29 is 0 Å². The van der Waals surface area contributed by atoms with Crippen LogP contribution in [-0.4, -0.2) is 0 Å². The van der Waals surface area contributed by atoms with Crippen molar-refractivity contribution in [3.05, 3.63) is 42.1 Å². The third-order valence-corrected chi connectivity index (χ3v) is 5.11. The Kier molecular flexibility index (Phi) is 4.22.